The molecule has 0 fully saturated rings. The van der Waals surface area contributed by atoms with Gasteiger partial charge in [-0.1, -0.05) is 0 Å². The van der Waals surface area contributed by atoms with Gasteiger partial charge in [-0.3, -0.25) is 19.7 Å². The lowest BCUT2D eigenvalue weighted by molar-refractivity contribution is -0.138. The van der Waals surface area contributed by atoms with Crippen LogP contribution in [0, 0.1) is 6.92 Å². The summed E-state index contributed by atoms with van der Waals surface area (Å²) in [5, 5.41) is 8.53. The molecule has 1 rings (SSSR count). The smallest absolute Gasteiger partial charge is 0.317 e. The zero-order chi connectivity index (χ0) is 10.6. The molecule has 0 saturated heterocycles. The Bertz CT molecular complexity index is 310. The number of nitrogens with zero attached hydrogens (tertiary/aromatic N) is 3. The van der Waals surface area contributed by atoms with Crippen LogP contribution in [0.2, 0.25) is 0 Å². The van der Waals surface area contributed by atoms with Gasteiger partial charge in [0.05, 0.1) is 17.9 Å². The molecule has 0 atom stereocenters. The van der Waals surface area contributed by atoms with Gasteiger partial charge >= 0.3 is 5.97 Å². The van der Waals surface area contributed by atoms with Crippen molar-refractivity contribution < 1.29 is 9.90 Å². The van der Waals surface area contributed by atoms with Gasteiger partial charge in [-0.05, 0) is 14.0 Å². The van der Waals surface area contributed by atoms with Gasteiger partial charge in [0.2, 0.25) is 0 Å². The summed E-state index contributed by atoms with van der Waals surface area (Å²) >= 11 is 0. The van der Waals surface area contributed by atoms with E-state index in [1.165, 1.54) is 0 Å². The molecule has 0 aliphatic heterocycles. The average Bonchev–Trinajstić information content (AvgIpc) is 2.07. The molecule has 76 valence electrons. The standard InChI is InChI=1S/C9H13N3O2/c1-7-3-11-8(4-10-7)5-12(2)6-9(13)14/h3-4H,5-6H2,1-2H3,(H,13,14). The first-order valence-corrected chi connectivity index (χ1v) is 4.26. The number of aryl methyl sites for hydroxylation is 1. The highest BCUT2D eigenvalue weighted by Crippen LogP contribution is 1.98. The molecule has 0 aromatic carbocycles. The fourth-order valence-electron chi connectivity index (χ4n) is 1.06. The first kappa shape index (κ1) is 10.6. The molecule has 0 aliphatic rings. The molecule has 5 nitrogen and oxygen atoms in total. The molecule has 0 spiro atoms. The zero-order valence-electron chi connectivity index (χ0n) is 8.27. The van der Waals surface area contributed by atoms with E-state index in [-0.39, 0.29) is 6.54 Å². The molecule has 0 unspecified atom stereocenters. The number of carboxylic acid groups (broad SMARTS) is 1. The van der Waals surface area contributed by atoms with Crippen molar-refractivity contribution in [1.82, 2.24) is 14.9 Å². The summed E-state index contributed by atoms with van der Waals surface area (Å²) in [7, 11) is 1.73. The topological polar surface area (TPSA) is 66.3 Å². The van der Waals surface area contributed by atoms with Crippen molar-refractivity contribution >= 4 is 5.97 Å². The van der Waals surface area contributed by atoms with E-state index in [9.17, 15) is 4.79 Å². The van der Waals surface area contributed by atoms with E-state index in [2.05, 4.69) is 9.97 Å². The summed E-state index contributed by atoms with van der Waals surface area (Å²) in [5.41, 5.74) is 1.63. The van der Waals surface area contributed by atoms with E-state index in [1.54, 1.807) is 24.3 Å². The van der Waals surface area contributed by atoms with Crippen molar-refractivity contribution in [1.29, 1.82) is 0 Å². The second kappa shape index (κ2) is 4.66. The van der Waals surface area contributed by atoms with E-state index in [1.807, 2.05) is 6.92 Å². The summed E-state index contributed by atoms with van der Waals surface area (Å²) in [6.45, 7) is 2.37. The highest BCUT2D eigenvalue weighted by Gasteiger charge is 2.05. The summed E-state index contributed by atoms with van der Waals surface area (Å²) in [5.74, 6) is -0.840. The number of likely N-dealkylation sites (N-methyl/N-ethyl adjacent to an activating group) is 1. The van der Waals surface area contributed by atoms with E-state index in [0.29, 0.717) is 6.54 Å². The zero-order valence-corrected chi connectivity index (χ0v) is 8.27. The van der Waals surface area contributed by atoms with E-state index >= 15 is 0 Å². The Hall–Kier alpha value is -1.49. The van der Waals surface area contributed by atoms with Gasteiger partial charge in [0, 0.05) is 18.9 Å². The minimum atomic E-state index is -0.840. The summed E-state index contributed by atoms with van der Waals surface area (Å²) in [6.07, 6.45) is 3.33. The van der Waals surface area contributed by atoms with Gasteiger partial charge in [-0.15, -0.1) is 0 Å². The quantitative estimate of drug-likeness (QED) is 0.748. The molecule has 1 heterocycles. The minimum Gasteiger partial charge on any atom is -0.480 e. The summed E-state index contributed by atoms with van der Waals surface area (Å²) in [6, 6.07) is 0. The molecule has 1 N–H and O–H groups in total. The van der Waals surface area contributed by atoms with E-state index in [4.69, 9.17) is 5.11 Å². The molecule has 0 radical (unpaired) electrons. The van der Waals surface area contributed by atoms with Gasteiger partial charge in [-0.2, -0.15) is 0 Å². The minimum absolute atomic E-state index is 0.00948. The third-order valence-corrected chi connectivity index (χ3v) is 1.67. The van der Waals surface area contributed by atoms with Crippen LogP contribution < -0.4 is 0 Å². The lowest BCUT2D eigenvalue weighted by Crippen LogP contribution is -2.25. The van der Waals surface area contributed by atoms with Crippen molar-refractivity contribution in [2.24, 2.45) is 0 Å². The van der Waals surface area contributed by atoms with Gasteiger partial charge in [0.15, 0.2) is 0 Å². The third kappa shape index (κ3) is 3.49. The number of aromatic nitrogens is 2. The van der Waals surface area contributed by atoms with Crippen molar-refractivity contribution in [3.05, 3.63) is 23.8 Å². The lowest BCUT2D eigenvalue weighted by Gasteiger charge is -2.12. The number of carboxylic acids is 1. The van der Waals surface area contributed by atoms with Crippen LogP contribution in [0.5, 0.6) is 0 Å². The Morgan fingerprint density at radius 3 is 2.71 bits per heavy atom. The monoisotopic (exact) mass is 195 g/mol. The normalized spacial score (nSPS) is 10.5. The van der Waals surface area contributed by atoms with Crippen molar-refractivity contribution in [3.63, 3.8) is 0 Å². The number of aliphatic carboxylic acids is 1. The fourth-order valence-corrected chi connectivity index (χ4v) is 1.06. The molecule has 0 bridgehead atoms. The summed E-state index contributed by atoms with van der Waals surface area (Å²) in [4.78, 5) is 20.2. The first-order chi connectivity index (χ1) is 6.58. The van der Waals surface area contributed by atoms with Crippen molar-refractivity contribution in [3.8, 4) is 0 Å². The molecular weight excluding hydrogens is 182 g/mol. The van der Waals surface area contributed by atoms with Crippen molar-refractivity contribution in [2.75, 3.05) is 13.6 Å². The molecule has 14 heavy (non-hydrogen) atoms. The highest BCUT2D eigenvalue weighted by molar-refractivity contribution is 5.68. The predicted octanol–water partition coefficient (Wildman–Crippen LogP) is 0.301. The van der Waals surface area contributed by atoms with Gasteiger partial charge in [0.1, 0.15) is 0 Å². The Morgan fingerprint density at radius 1 is 1.50 bits per heavy atom. The van der Waals surface area contributed by atoms with Crippen LogP contribution in [0.1, 0.15) is 11.4 Å². The van der Waals surface area contributed by atoms with Crippen LogP contribution in [0.15, 0.2) is 12.4 Å². The number of carbonyl (C=O) groups is 1. The second-order valence-corrected chi connectivity index (χ2v) is 3.22. The maximum absolute atomic E-state index is 10.4. The van der Waals surface area contributed by atoms with Gasteiger partial charge in [0.25, 0.3) is 0 Å². The Balaban J connectivity index is 2.51. The van der Waals surface area contributed by atoms with Crippen LogP contribution in [-0.4, -0.2) is 39.5 Å². The largest absolute Gasteiger partial charge is 0.480 e. The average molecular weight is 195 g/mol. The molecule has 0 aliphatic carbocycles. The fraction of sp³-hybridized carbons (Fsp3) is 0.444. The number of rotatable bonds is 4. The molecule has 1 aromatic rings. The maximum Gasteiger partial charge on any atom is 0.317 e. The lowest BCUT2D eigenvalue weighted by atomic mass is 10.4. The van der Waals surface area contributed by atoms with Crippen LogP contribution >= 0.6 is 0 Å². The second-order valence-electron chi connectivity index (χ2n) is 3.22. The van der Waals surface area contributed by atoms with E-state index < -0.39 is 5.97 Å². The van der Waals surface area contributed by atoms with Gasteiger partial charge in [-0.25, -0.2) is 0 Å². The summed E-state index contributed by atoms with van der Waals surface area (Å²) < 4.78 is 0. The Morgan fingerprint density at radius 2 is 2.21 bits per heavy atom. The Kier molecular flexibility index (Phi) is 3.53. The molecule has 0 amide bonds. The highest BCUT2D eigenvalue weighted by atomic mass is 16.4. The SMILES string of the molecule is Cc1cnc(CN(C)CC(=O)O)cn1. The Labute approximate surface area is 82.4 Å². The van der Waals surface area contributed by atoms with E-state index in [0.717, 1.165) is 11.4 Å². The molecular formula is C9H13N3O2. The first-order valence-electron chi connectivity index (χ1n) is 4.26. The number of hydrogen-bond donors (Lipinski definition) is 1. The maximum atomic E-state index is 10.4. The molecule has 5 heteroatoms. The number of hydrogen-bond acceptors (Lipinski definition) is 4. The van der Waals surface area contributed by atoms with Crippen LogP contribution in [-0.2, 0) is 11.3 Å². The van der Waals surface area contributed by atoms with Crippen LogP contribution in [0.4, 0.5) is 0 Å². The van der Waals surface area contributed by atoms with Crippen molar-refractivity contribution in [2.45, 2.75) is 13.5 Å². The van der Waals surface area contributed by atoms with Gasteiger partial charge < -0.3 is 5.11 Å². The molecule has 0 saturated carbocycles. The predicted molar refractivity (Wildman–Crippen MR) is 50.7 cm³/mol. The molecule has 1 aromatic heterocycles. The van der Waals surface area contributed by atoms with Crippen LogP contribution in [0.3, 0.4) is 0 Å². The van der Waals surface area contributed by atoms with Crippen LogP contribution in [0.25, 0.3) is 0 Å². The third-order valence-electron chi connectivity index (χ3n) is 1.67.